The topological polar surface area (TPSA) is 58.2 Å². The van der Waals surface area contributed by atoms with E-state index in [0.717, 1.165) is 24.9 Å². The van der Waals surface area contributed by atoms with Crippen LogP contribution in [0.2, 0.25) is 0 Å². The van der Waals surface area contributed by atoms with Crippen LogP contribution in [0.4, 0.5) is 0 Å². The molecule has 0 aromatic heterocycles. The third kappa shape index (κ3) is 3.54. The Kier molecular flexibility index (Phi) is 4.37. The molecule has 0 spiro atoms. The molecule has 0 saturated heterocycles. The minimum atomic E-state index is -3.37. The summed E-state index contributed by atoms with van der Waals surface area (Å²) in [6.45, 7) is 3.97. The number of rotatable bonds is 7. The van der Waals surface area contributed by atoms with E-state index in [1.165, 1.54) is 0 Å². The smallest absolute Gasteiger partial charge is 0.240 e. The molecule has 2 rings (SSSR count). The first-order valence-corrected chi connectivity index (χ1v) is 7.90. The third-order valence-corrected chi connectivity index (χ3v) is 4.61. The standard InChI is InChI=1S/C13H20N2O2S/c1-2-14-10-12-5-3-4-6-13(12)18(16,17)15-9-11-7-8-11/h3-6,11,14-15H,2,7-10H2,1H3. The summed E-state index contributed by atoms with van der Waals surface area (Å²) in [5.74, 6) is 0.542. The molecule has 0 heterocycles. The summed E-state index contributed by atoms with van der Waals surface area (Å²) < 4.78 is 27.1. The summed E-state index contributed by atoms with van der Waals surface area (Å²) in [6, 6.07) is 7.16. The molecule has 1 aliphatic carbocycles. The van der Waals surface area contributed by atoms with Crippen LogP contribution in [0.1, 0.15) is 25.3 Å². The highest BCUT2D eigenvalue weighted by Gasteiger charge is 2.25. The Balaban J connectivity index is 2.13. The van der Waals surface area contributed by atoms with Gasteiger partial charge in [0.1, 0.15) is 0 Å². The zero-order valence-corrected chi connectivity index (χ0v) is 11.5. The van der Waals surface area contributed by atoms with Crippen molar-refractivity contribution in [2.75, 3.05) is 13.1 Å². The number of sulfonamides is 1. The van der Waals surface area contributed by atoms with Crippen LogP contribution in [-0.2, 0) is 16.6 Å². The first-order valence-electron chi connectivity index (χ1n) is 6.41. The van der Waals surface area contributed by atoms with Gasteiger partial charge in [-0.15, -0.1) is 0 Å². The monoisotopic (exact) mass is 268 g/mol. The molecule has 0 bridgehead atoms. The predicted octanol–water partition coefficient (Wildman–Crippen LogP) is 1.48. The molecule has 4 nitrogen and oxygen atoms in total. The second-order valence-electron chi connectivity index (χ2n) is 4.68. The predicted molar refractivity (Wildman–Crippen MR) is 71.7 cm³/mol. The quantitative estimate of drug-likeness (QED) is 0.787. The molecule has 1 fully saturated rings. The lowest BCUT2D eigenvalue weighted by molar-refractivity contribution is 0.575. The Morgan fingerprint density at radius 2 is 2.00 bits per heavy atom. The zero-order valence-electron chi connectivity index (χ0n) is 10.6. The molecule has 1 saturated carbocycles. The molecule has 0 aliphatic heterocycles. The fourth-order valence-electron chi connectivity index (χ4n) is 1.80. The zero-order chi connectivity index (χ0) is 13.0. The van der Waals surface area contributed by atoms with Crippen LogP contribution >= 0.6 is 0 Å². The van der Waals surface area contributed by atoms with E-state index in [2.05, 4.69) is 10.0 Å². The van der Waals surface area contributed by atoms with Gasteiger partial charge in [0, 0.05) is 13.1 Å². The van der Waals surface area contributed by atoms with Gasteiger partial charge in [-0.2, -0.15) is 0 Å². The van der Waals surface area contributed by atoms with Gasteiger partial charge in [-0.25, -0.2) is 13.1 Å². The average molecular weight is 268 g/mol. The molecule has 0 unspecified atom stereocenters. The Labute approximate surface area is 109 Å². The molecule has 0 amide bonds. The summed E-state index contributed by atoms with van der Waals surface area (Å²) in [5.41, 5.74) is 0.822. The van der Waals surface area contributed by atoms with Crippen LogP contribution in [0, 0.1) is 5.92 Å². The molecule has 100 valence electrons. The second-order valence-corrected chi connectivity index (χ2v) is 6.42. The Hall–Kier alpha value is -0.910. The molecule has 0 atom stereocenters. The fourth-order valence-corrected chi connectivity index (χ4v) is 3.15. The molecule has 1 aromatic carbocycles. The Bertz CT molecular complexity index is 495. The van der Waals surface area contributed by atoms with Crippen molar-refractivity contribution in [2.45, 2.75) is 31.2 Å². The number of hydrogen-bond donors (Lipinski definition) is 2. The lowest BCUT2D eigenvalue weighted by Gasteiger charge is -2.11. The lowest BCUT2D eigenvalue weighted by Crippen LogP contribution is -2.27. The van der Waals surface area contributed by atoms with Crippen molar-refractivity contribution in [3.8, 4) is 0 Å². The van der Waals surface area contributed by atoms with Crippen LogP contribution < -0.4 is 10.0 Å². The first kappa shape index (κ1) is 13.5. The highest BCUT2D eigenvalue weighted by Crippen LogP contribution is 2.28. The van der Waals surface area contributed by atoms with Gasteiger partial charge in [0.05, 0.1) is 4.90 Å². The average Bonchev–Trinajstić information content (AvgIpc) is 3.18. The van der Waals surface area contributed by atoms with Crippen molar-refractivity contribution < 1.29 is 8.42 Å². The SMILES string of the molecule is CCNCc1ccccc1S(=O)(=O)NCC1CC1. The van der Waals surface area contributed by atoms with Gasteiger partial charge < -0.3 is 5.32 Å². The molecule has 1 aliphatic rings. The highest BCUT2D eigenvalue weighted by molar-refractivity contribution is 7.89. The summed E-state index contributed by atoms with van der Waals surface area (Å²) in [6.07, 6.45) is 2.28. The molecule has 2 N–H and O–H groups in total. The maximum atomic E-state index is 12.2. The van der Waals surface area contributed by atoms with E-state index in [4.69, 9.17) is 0 Å². The number of nitrogens with one attached hydrogen (secondary N) is 2. The van der Waals surface area contributed by atoms with E-state index in [0.29, 0.717) is 23.9 Å². The van der Waals surface area contributed by atoms with Crippen LogP contribution in [-0.4, -0.2) is 21.5 Å². The van der Waals surface area contributed by atoms with Crippen LogP contribution in [0.25, 0.3) is 0 Å². The van der Waals surface area contributed by atoms with Crippen LogP contribution in [0.15, 0.2) is 29.2 Å². The van der Waals surface area contributed by atoms with Gasteiger partial charge in [-0.3, -0.25) is 0 Å². The van der Waals surface area contributed by atoms with Gasteiger partial charge in [-0.05, 0) is 36.9 Å². The molecular weight excluding hydrogens is 248 g/mol. The van der Waals surface area contributed by atoms with E-state index in [1.54, 1.807) is 12.1 Å². The summed E-state index contributed by atoms with van der Waals surface area (Å²) in [7, 11) is -3.37. The van der Waals surface area contributed by atoms with E-state index in [-0.39, 0.29) is 0 Å². The lowest BCUT2D eigenvalue weighted by atomic mass is 10.2. The van der Waals surface area contributed by atoms with E-state index >= 15 is 0 Å². The Morgan fingerprint density at radius 3 is 2.67 bits per heavy atom. The largest absolute Gasteiger partial charge is 0.313 e. The first-order chi connectivity index (χ1) is 8.63. The second kappa shape index (κ2) is 5.82. The maximum absolute atomic E-state index is 12.2. The molecule has 0 radical (unpaired) electrons. The van der Waals surface area contributed by atoms with Gasteiger partial charge >= 0.3 is 0 Å². The Morgan fingerprint density at radius 1 is 1.28 bits per heavy atom. The van der Waals surface area contributed by atoms with Crippen molar-refractivity contribution in [1.82, 2.24) is 10.0 Å². The summed E-state index contributed by atoms with van der Waals surface area (Å²) >= 11 is 0. The van der Waals surface area contributed by atoms with E-state index < -0.39 is 10.0 Å². The van der Waals surface area contributed by atoms with Crippen molar-refractivity contribution in [3.05, 3.63) is 29.8 Å². The van der Waals surface area contributed by atoms with Crippen molar-refractivity contribution >= 4 is 10.0 Å². The molecule has 1 aromatic rings. The summed E-state index contributed by atoms with van der Waals surface area (Å²) in [5, 5.41) is 3.16. The third-order valence-electron chi connectivity index (χ3n) is 3.09. The molecule has 5 heteroatoms. The van der Waals surface area contributed by atoms with Gasteiger partial charge in [0.2, 0.25) is 10.0 Å². The number of benzene rings is 1. The molecular formula is C13H20N2O2S. The fraction of sp³-hybridized carbons (Fsp3) is 0.538. The summed E-state index contributed by atoms with van der Waals surface area (Å²) in [4.78, 5) is 0.395. The van der Waals surface area contributed by atoms with Gasteiger partial charge in [0.15, 0.2) is 0 Å². The number of hydrogen-bond acceptors (Lipinski definition) is 3. The molecule has 18 heavy (non-hydrogen) atoms. The van der Waals surface area contributed by atoms with Crippen molar-refractivity contribution in [3.63, 3.8) is 0 Å². The van der Waals surface area contributed by atoms with Gasteiger partial charge in [0.25, 0.3) is 0 Å². The van der Waals surface area contributed by atoms with Crippen molar-refractivity contribution in [1.29, 1.82) is 0 Å². The van der Waals surface area contributed by atoms with Crippen LogP contribution in [0.3, 0.4) is 0 Å². The highest BCUT2D eigenvalue weighted by atomic mass is 32.2. The minimum Gasteiger partial charge on any atom is -0.313 e. The van der Waals surface area contributed by atoms with Crippen LogP contribution in [0.5, 0.6) is 0 Å². The van der Waals surface area contributed by atoms with Gasteiger partial charge in [-0.1, -0.05) is 25.1 Å². The normalized spacial score (nSPS) is 15.8. The van der Waals surface area contributed by atoms with E-state index in [9.17, 15) is 8.42 Å². The van der Waals surface area contributed by atoms with E-state index in [1.807, 2.05) is 19.1 Å². The maximum Gasteiger partial charge on any atom is 0.240 e. The minimum absolute atomic E-state index is 0.395. The van der Waals surface area contributed by atoms with Crippen molar-refractivity contribution in [2.24, 2.45) is 5.92 Å².